The Kier molecular flexibility index (Phi) is 11.8. The number of hydrogen-bond donors (Lipinski definition) is 6. The average Bonchev–Trinajstić information content (AvgIpc) is 2.52. The van der Waals surface area contributed by atoms with Gasteiger partial charge in [0.1, 0.15) is 12.1 Å². The van der Waals surface area contributed by atoms with E-state index in [9.17, 15) is 19.5 Å². The first kappa shape index (κ1) is 21.3. The van der Waals surface area contributed by atoms with Gasteiger partial charge in [-0.15, -0.1) is 0 Å². The number of carbonyl (C=O) groups is 3. The van der Waals surface area contributed by atoms with E-state index in [1.54, 1.807) is 0 Å². The summed E-state index contributed by atoms with van der Waals surface area (Å²) in [5, 5.41) is 14.1. The normalized spacial score (nSPS) is 13.2. The number of amides is 2. The lowest BCUT2D eigenvalue weighted by molar-refractivity contribution is -0.142. The van der Waals surface area contributed by atoms with Gasteiger partial charge in [0.15, 0.2) is 0 Å². The Labute approximate surface area is 136 Å². The van der Waals surface area contributed by atoms with E-state index < -0.39 is 29.9 Å². The number of nitrogens with one attached hydrogen (secondary N) is 2. The molecule has 23 heavy (non-hydrogen) atoms. The lowest BCUT2D eigenvalue weighted by atomic mass is 10.1. The molecule has 0 saturated carbocycles. The molecule has 0 aliphatic carbocycles. The number of carboxylic acids is 1. The topological polar surface area (TPSA) is 174 Å². The summed E-state index contributed by atoms with van der Waals surface area (Å²) in [6.07, 6.45) is 3.30. The molecule has 9 heteroatoms. The highest BCUT2D eigenvalue weighted by Crippen LogP contribution is 2.05. The summed E-state index contributed by atoms with van der Waals surface area (Å²) in [5.74, 6) is -2.10. The fourth-order valence-electron chi connectivity index (χ4n) is 2.04. The summed E-state index contributed by atoms with van der Waals surface area (Å²) < 4.78 is 0. The second-order valence-electron chi connectivity index (χ2n) is 5.29. The maximum absolute atomic E-state index is 12.3. The van der Waals surface area contributed by atoms with Crippen LogP contribution in [0.15, 0.2) is 0 Å². The first-order valence-electron chi connectivity index (χ1n) is 7.89. The lowest BCUT2D eigenvalue weighted by Crippen LogP contribution is -2.52. The molecule has 0 aromatic rings. The SMILES string of the molecule is NCCCC[C@H](NC(=O)[C@H](CCCCN)NC(=O)CN)C(=O)O. The molecule has 0 radical (unpaired) electrons. The number of hydrogen-bond acceptors (Lipinski definition) is 6. The molecule has 0 spiro atoms. The monoisotopic (exact) mass is 331 g/mol. The van der Waals surface area contributed by atoms with Crippen molar-refractivity contribution in [3.05, 3.63) is 0 Å². The molecule has 9 N–H and O–H groups in total. The van der Waals surface area contributed by atoms with Crippen molar-refractivity contribution in [3.63, 3.8) is 0 Å². The van der Waals surface area contributed by atoms with Gasteiger partial charge in [0, 0.05) is 0 Å². The van der Waals surface area contributed by atoms with E-state index >= 15 is 0 Å². The van der Waals surface area contributed by atoms with Crippen molar-refractivity contribution in [2.45, 2.75) is 50.6 Å². The molecule has 0 rings (SSSR count). The Morgan fingerprint density at radius 1 is 0.826 bits per heavy atom. The Morgan fingerprint density at radius 2 is 1.35 bits per heavy atom. The van der Waals surface area contributed by atoms with Gasteiger partial charge in [0.2, 0.25) is 11.8 Å². The van der Waals surface area contributed by atoms with Gasteiger partial charge in [-0.1, -0.05) is 0 Å². The van der Waals surface area contributed by atoms with E-state index in [0.29, 0.717) is 51.6 Å². The molecule has 0 saturated heterocycles. The molecule has 0 fully saturated rings. The van der Waals surface area contributed by atoms with Gasteiger partial charge in [-0.2, -0.15) is 0 Å². The number of nitrogens with two attached hydrogens (primary N) is 3. The zero-order valence-electron chi connectivity index (χ0n) is 13.4. The summed E-state index contributed by atoms with van der Waals surface area (Å²) in [6.45, 7) is 0.712. The van der Waals surface area contributed by atoms with Crippen LogP contribution in [0, 0.1) is 0 Å². The molecular weight excluding hydrogens is 302 g/mol. The molecule has 0 aliphatic heterocycles. The molecule has 0 bridgehead atoms. The minimum Gasteiger partial charge on any atom is -0.480 e. The maximum atomic E-state index is 12.3. The number of carbonyl (C=O) groups excluding carboxylic acids is 2. The van der Waals surface area contributed by atoms with Crippen LogP contribution in [-0.4, -0.2) is 54.6 Å². The molecule has 0 aromatic heterocycles. The summed E-state index contributed by atoms with van der Waals surface area (Å²) in [4.78, 5) is 34.9. The van der Waals surface area contributed by atoms with Crippen molar-refractivity contribution in [1.29, 1.82) is 0 Å². The zero-order valence-corrected chi connectivity index (χ0v) is 13.4. The van der Waals surface area contributed by atoms with Crippen LogP contribution >= 0.6 is 0 Å². The number of aliphatic carboxylic acids is 1. The Balaban J connectivity index is 4.67. The second-order valence-corrected chi connectivity index (χ2v) is 5.29. The largest absolute Gasteiger partial charge is 0.480 e. The smallest absolute Gasteiger partial charge is 0.326 e. The van der Waals surface area contributed by atoms with Crippen LogP contribution in [0.1, 0.15) is 38.5 Å². The first-order valence-corrected chi connectivity index (χ1v) is 7.89. The number of unbranched alkanes of at least 4 members (excludes halogenated alkanes) is 2. The molecule has 0 aromatic carbocycles. The van der Waals surface area contributed by atoms with Crippen molar-refractivity contribution >= 4 is 17.8 Å². The third kappa shape index (κ3) is 9.82. The van der Waals surface area contributed by atoms with E-state index in [0.717, 1.165) is 0 Å². The minimum atomic E-state index is -1.11. The predicted molar refractivity (Wildman–Crippen MR) is 86.4 cm³/mol. The highest BCUT2D eigenvalue weighted by Gasteiger charge is 2.25. The van der Waals surface area contributed by atoms with Crippen LogP contribution in [0.5, 0.6) is 0 Å². The fraction of sp³-hybridized carbons (Fsp3) is 0.786. The van der Waals surface area contributed by atoms with Crippen LogP contribution in [0.25, 0.3) is 0 Å². The molecule has 0 heterocycles. The van der Waals surface area contributed by atoms with Crippen LogP contribution < -0.4 is 27.8 Å². The maximum Gasteiger partial charge on any atom is 0.326 e. The van der Waals surface area contributed by atoms with E-state index in [-0.39, 0.29) is 6.54 Å². The lowest BCUT2D eigenvalue weighted by Gasteiger charge is -2.21. The summed E-state index contributed by atoms with van der Waals surface area (Å²) >= 11 is 0. The molecule has 134 valence electrons. The molecule has 0 unspecified atom stereocenters. The third-order valence-corrected chi connectivity index (χ3v) is 3.35. The second kappa shape index (κ2) is 12.8. The van der Waals surface area contributed by atoms with Gasteiger partial charge < -0.3 is 32.9 Å². The van der Waals surface area contributed by atoms with Crippen LogP contribution in [-0.2, 0) is 14.4 Å². The van der Waals surface area contributed by atoms with Crippen LogP contribution in [0.3, 0.4) is 0 Å². The van der Waals surface area contributed by atoms with Gasteiger partial charge in [-0.25, -0.2) is 4.79 Å². The molecular formula is C14H29N5O4. The zero-order chi connectivity index (χ0) is 17.7. The average molecular weight is 331 g/mol. The van der Waals surface area contributed by atoms with Crippen molar-refractivity contribution in [1.82, 2.24) is 10.6 Å². The van der Waals surface area contributed by atoms with Crippen molar-refractivity contribution in [2.75, 3.05) is 19.6 Å². The van der Waals surface area contributed by atoms with Gasteiger partial charge in [-0.05, 0) is 51.6 Å². The van der Waals surface area contributed by atoms with E-state index in [1.165, 1.54) is 0 Å². The Hall–Kier alpha value is -1.71. The van der Waals surface area contributed by atoms with Crippen LogP contribution in [0.2, 0.25) is 0 Å². The Morgan fingerprint density at radius 3 is 1.78 bits per heavy atom. The van der Waals surface area contributed by atoms with E-state index in [2.05, 4.69) is 10.6 Å². The van der Waals surface area contributed by atoms with Crippen molar-refractivity contribution < 1.29 is 19.5 Å². The van der Waals surface area contributed by atoms with E-state index in [4.69, 9.17) is 17.2 Å². The third-order valence-electron chi connectivity index (χ3n) is 3.35. The fourth-order valence-corrected chi connectivity index (χ4v) is 2.04. The Bertz CT molecular complexity index is 378. The quantitative estimate of drug-likeness (QED) is 0.217. The summed E-state index contributed by atoms with van der Waals surface area (Å²) in [6, 6.07) is -1.81. The molecule has 2 amide bonds. The van der Waals surface area contributed by atoms with E-state index in [1.807, 2.05) is 0 Å². The van der Waals surface area contributed by atoms with Gasteiger partial charge in [-0.3, -0.25) is 9.59 Å². The minimum absolute atomic E-state index is 0.237. The number of rotatable bonds is 13. The molecule has 2 atom stereocenters. The first-order chi connectivity index (χ1) is 11.0. The molecule has 9 nitrogen and oxygen atoms in total. The highest BCUT2D eigenvalue weighted by molar-refractivity contribution is 5.90. The number of carboxylic acid groups (broad SMARTS) is 1. The van der Waals surface area contributed by atoms with Crippen molar-refractivity contribution in [2.24, 2.45) is 17.2 Å². The summed E-state index contributed by atoms with van der Waals surface area (Å²) in [5.41, 5.74) is 16.0. The standard InChI is InChI=1S/C14H29N5O4/c15-7-3-1-5-10(18-12(20)9-17)13(21)19-11(14(22)23)6-2-4-8-16/h10-11H,1-9,15-17H2,(H,18,20)(H,19,21)(H,22,23)/t10-,11-/m0/s1. The van der Waals surface area contributed by atoms with Crippen LogP contribution in [0.4, 0.5) is 0 Å². The summed E-state index contributed by atoms with van der Waals surface area (Å²) in [7, 11) is 0. The van der Waals surface area contributed by atoms with Crippen molar-refractivity contribution in [3.8, 4) is 0 Å². The van der Waals surface area contributed by atoms with Gasteiger partial charge in [0.25, 0.3) is 0 Å². The highest BCUT2D eigenvalue weighted by atomic mass is 16.4. The van der Waals surface area contributed by atoms with Gasteiger partial charge >= 0.3 is 5.97 Å². The predicted octanol–water partition coefficient (Wildman–Crippen LogP) is -1.74. The molecule has 0 aliphatic rings. The van der Waals surface area contributed by atoms with Gasteiger partial charge in [0.05, 0.1) is 6.54 Å².